The number of anilines is 1. The molecular weight excluding hydrogens is 322 g/mol. The van der Waals surface area contributed by atoms with Crippen molar-refractivity contribution in [3.63, 3.8) is 0 Å². The molecule has 0 radical (unpaired) electrons. The Balaban J connectivity index is 1.81. The molecule has 0 spiro atoms. The Labute approximate surface area is 126 Å². The van der Waals surface area contributed by atoms with Crippen LogP contribution in [0.2, 0.25) is 0 Å². The van der Waals surface area contributed by atoms with Crippen LogP contribution in [0.3, 0.4) is 0 Å². The lowest BCUT2D eigenvalue weighted by molar-refractivity contribution is -0.123. The zero-order chi connectivity index (χ0) is 14.1. The molecule has 1 aromatic carbocycles. The Morgan fingerprint density at radius 2 is 1.75 bits per heavy atom. The van der Waals surface area contributed by atoms with Gasteiger partial charge in [0.1, 0.15) is 0 Å². The summed E-state index contributed by atoms with van der Waals surface area (Å²) in [6, 6.07) is 6.97. The number of rotatable bonds is 2. The van der Waals surface area contributed by atoms with Gasteiger partial charge >= 0.3 is 0 Å². The van der Waals surface area contributed by atoms with E-state index in [0.717, 1.165) is 30.7 Å². The van der Waals surface area contributed by atoms with Crippen molar-refractivity contribution in [1.82, 2.24) is 10.2 Å². The summed E-state index contributed by atoms with van der Waals surface area (Å²) in [7, 11) is 0. The Hall–Kier alpha value is -1.24. The van der Waals surface area contributed by atoms with Crippen LogP contribution in [0.25, 0.3) is 0 Å². The van der Waals surface area contributed by atoms with Gasteiger partial charge in [0.05, 0.1) is 18.2 Å². The maximum absolute atomic E-state index is 12.5. The van der Waals surface area contributed by atoms with Crippen LogP contribution in [-0.2, 0) is 9.59 Å². The lowest BCUT2D eigenvalue weighted by atomic mass is 10.2. The fourth-order valence-electron chi connectivity index (χ4n) is 2.76. The molecule has 2 heterocycles. The van der Waals surface area contributed by atoms with Crippen LogP contribution in [0.4, 0.5) is 5.69 Å². The number of hydrogen-bond acceptors (Lipinski definition) is 4. The van der Waals surface area contributed by atoms with E-state index in [-0.39, 0.29) is 24.3 Å². The predicted molar refractivity (Wildman–Crippen MR) is 79.5 cm³/mol. The third-order valence-electron chi connectivity index (χ3n) is 3.80. The lowest BCUT2D eigenvalue weighted by Crippen LogP contribution is -2.51. The van der Waals surface area contributed by atoms with Crippen molar-refractivity contribution in [2.24, 2.45) is 0 Å². The van der Waals surface area contributed by atoms with Crippen LogP contribution in [0.5, 0.6) is 0 Å². The van der Waals surface area contributed by atoms with Gasteiger partial charge in [-0.2, -0.15) is 0 Å². The molecule has 106 valence electrons. The summed E-state index contributed by atoms with van der Waals surface area (Å²) in [6.07, 6.45) is 0.287. The molecule has 2 fully saturated rings. The van der Waals surface area contributed by atoms with Crippen LogP contribution in [0.1, 0.15) is 6.42 Å². The van der Waals surface area contributed by atoms with Gasteiger partial charge in [0.15, 0.2) is 0 Å². The smallest absolute Gasteiger partial charge is 0.251 e. The van der Waals surface area contributed by atoms with Crippen molar-refractivity contribution >= 4 is 33.4 Å². The molecule has 0 bridgehead atoms. The number of hydrogen-bond donors (Lipinski definition) is 1. The van der Waals surface area contributed by atoms with E-state index in [9.17, 15) is 9.59 Å². The minimum absolute atomic E-state index is 0.0979. The number of halogens is 1. The van der Waals surface area contributed by atoms with E-state index in [4.69, 9.17) is 0 Å². The summed E-state index contributed by atoms with van der Waals surface area (Å²) >= 11 is 3.36. The standard InChI is InChI=1S/C14H16BrN3O2/c15-10-1-3-11(4-2-10)18-13(19)9-12(14(18)20)17-7-5-16-6-8-17/h1-4,12,16H,5-9H2. The van der Waals surface area contributed by atoms with Crippen LogP contribution in [0, 0.1) is 0 Å². The second-order valence-corrected chi connectivity index (χ2v) is 5.97. The number of nitrogens with zero attached hydrogens (tertiary/aromatic N) is 2. The highest BCUT2D eigenvalue weighted by Crippen LogP contribution is 2.26. The third-order valence-corrected chi connectivity index (χ3v) is 4.33. The lowest BCUT2D eigenvalue weighted by Gasteiger charge is -2.31. The Morgan fingerprint density at radius 1 is 1.10 bits per heavy atom. The summed E-state index contributed by atoms with van der Waals surface area (Å²) in [4.78, 5) is 28.1. The quantitative estimate of drug-likeness (QED) is 0.817. The summed E-state index contributed by atoms with van der Waals surface area (Å²) in [5, 5.41) is 3.26. The second-order valence-electron chi connectivity index (χ2n) is 5.05. The van der Waals surface area contributed by atoms with Crippen LogP contribution in [0.15, 0.2) is 28.7 Å². The van der Waals surface area contributed by atoms with Crippen LogP contribution in [-0.4, -0.2) is 48.9 Å². The van der Waals surface area contributed by atoms with Crippen molar-refractivity contribution in [3.05, 3.63) is 28.7 Å². The normalized spacial score (nSPS) is 24.4. The average molecular weight is 338 g/mol. The van der Waals surface area contributed by atoms with Crippen LogP contribution >= 0.6 is 15.9 Å². The van der Waals surface area contributed by atoms with Crippen LogP contribution < -0.4 is 10.2 Å². The SMILES string of the molecule is O=C1CC(N2CCNCC2)C(=O)N1c1ccc(Br)cc1. The Morgan fingerprint density at radius 3 is 2.40 bits per heavy atom. The van der Waals surface area contributed by atoms with E-state index < -0.39 is 0 Å². The molecule has 0 saturated carbocycles. The number of amides is 2. The summed E-state index contributed by atoms with van der Waals surface area (Å²) in [5.74, 6) is -0.208. The number of carbonyl (C=O) groups is 2. The van der Waals surface area contributed by atoms with Gasteiger partial charge in [-0.05, 0) is 24.3 Å². The summed E-state index contributed by atoms with van der Waals surface area (Å²) < 4.78 is 0.930. The molecule has 3 rings (SSSR count). The first-order valence-corrected chi connectivity index (χ1v) is 7.53. The molecular formula is C14H16BrN3O2. The Kier molecular flexibility index (Phi) is 3.87. The maximum atomic E-state index is 12.5. The van der Waals surface area contributed by atoms with E-state index in [0.29, 0.717) is 5.69 Å². The number of carbonyl (C=O) groups excluding carboxylic acids is 2. The fourth-order valence-corrected chi connectivity index (χ4v) is 3.02. The van der Waals surface area contributed by atoms with Gasteiger partial charge in [0.25, 0.3) is 5.91 Å². The van der Waals surface area contributed by atoms with Crippen molar-refractivity contribution in [2.45, 2.75) is 12.5 Å². The minimum atomic E-state index is -0.298. The highest BCUT2D eigenvalue weighted by atomic mass is 79.9. The van der Waals surface area contributed by atoms with Gasteiger partial charge in [-0.25, -0.2) is 4.90 Å². The molecule has 2 aliphatic heterocycles. The Bertz CT molecular complexity index is 526. The molecule has 2 saturated heterocycles. The zero-order valence-electron chi connectivity index (χ0n) is 11.0. The van der Waals surface area contributed by atoms with Crippen molar-refractivity contribution < 1.29 is 9.59 Å². The second kappa shape index (κ2) is 5.63. The molecule has 2 amide bonds. The van der Waals surface area contributed by atoms with E-state index in [1.165, 1.54) is 4.90 Å². The molecule has 0 aromatic heterocycles. The highest BCUT2D eigenvalue weighted by molar-refractivity contribution is 9.10. The molecule has 20 heavy (non-hydrogen) atoms. The van der Waals surface area contributed by atoms with Crippen molar-refractivity contribution in [1.29, 1.82) is 0 Å². The van der Waals surface area contributed by atoms with E-state index in [2.05, 4.69) is 26.1 Å². The molecule has 1 atom stereocenters. The monoisotopic (exact) mass is 337 g/mol. The largest absolute Gasteiger partial charge is 0.314 e. The van der Waals surface area contributed by atoms with E-state index >= 15 is 0 Å². The zero-order valence-corrected chi connectivity index (χ0v) is 12.6. The average Bonchev–Trinajstić information content (AvgIpc) is 2.76. The number of benzene rings is 1. The van der Waals surface area contributed by atoms with Gasteiger partial charge in [-0.15, -0.1) is 0 Å². The first kappa shape index (κ1) is 13.7. The minimum Gasteiger partial charge on any atom is -0.314 e. The first-order valence-electron chi connectivity index (χ1n) is 6.74. The summed E-state index contributed by atoms with van der Waals surface area (Å²) in [6.45, 7) is 3.38. The van der Waals surface area contributed by atoms with Crippen molar-refractivity contribution in [3.8, 4) is 0 Å². The number of piperazine rings is 1. The van der Waals surface area contributed by atoms with E-state index in [1.807, 2.05) is 12.1 Å². The highest BCUT2D eigenvalue weighted by Gasteiger charge is 2.42. The molecule has 1 aromatic rings. The van der Waals surface area contributed by atoms with Gasteiger partial charge < -0.3 is 5.32 Å². The fraction of sp³-hybridized carbons (Fsp3) is 0.429. The summed E-state index contributed by atoms with van der Waals surface area (Å²) in [5.41, 5.74) is 0.654. The third kappa shape index (κ3) is 2.51. The predicted octanol–water partition coefficient (Wildman–Crippen LogP) is 0.986. The molecule has 6 heteroatoms. The van der Waals surface area contributed by atoms with Gasteiger partial charge in [-0.1, -0.05) is 15.9 Å². The maximum Gasteiger partial charge on any atom is 0.251 e. The molecule has 1 unspecified atom stereocenters. The number of nitrogens with one attached hydrogen (secondary N) is 1. The molecule has 2 aliphatic rings. The topological polar surface area (TPSA) is 52.7 Å². The van der Waals surface area contributed by atoms with E-state index in [1.54, 1.807) is 12.1 Å². The van der Waals surface area contributed by atoms with Gasteiger partial charge in [0.2, 0.25) is 5.91 Å². The van der Waals surface area contributed by atoms with Gasteiger partial charge in [-0.3, -0.25) is 14.5 Å². The molecule has 5 nitrogen and oxygen atoms in total. The first-order chi connectivity index (χ1) is 9.66. The van der Waals surface area contributed by atoms with Crippen molar-refractivity contribution in [2.75, 3.05) is 31.1 Å². The number of imide groups is 1. The van der Waals surface area contributed by atoms with Gasteiger partial charge in [0, 0.05) is 30.7 Å². The molecule has 0 aliphatic carbocycles. The molecule has 1 N–H and O–H groups in total.